The Morgan fingerprint density at radius 3 is 2.23 bits per heavy atom. The molecular weight excluding hydrogens is 286 g/mol. The van der Waals surface area contributed by atoms with Gasteiger partial charge in [-0.2, -0.15) is 13.8 Å². The summed E-state index contributed by atoms with van der Waals surface area (Å²) in [6.07, 6.45) is 2.08. The Kier molecular flexibility index (Phi) is 3.78. The van der Waals surface area contributed by atoms with Gasteiger partial charge in [-0.25, -0.2) is 0 Å². The van der Waals surface area contributed by atoms with Crippen LogP contribution >= 0.6 is 0 Å². The van der Waals surface area contributed by atoms with Crippen LogP contribution in [0.15, 0.2) is 71.3 Å². The van der Waals surface area contributed by atoms with Crippen LogP contribution in [0.3, 0.4) is 0 Å². The van der Waals surface area contributed by atoms with Crippen molar-refractivity contribution in [1.29, 1.82) is 0 Å². The molecule has 0 fully saturated rings. The molecule has 5 heteroatoms. The first-order valence-corrected chi connectivity index (χ1v) is 6.67. The number of nitrogens with zero attached hydrogens (tertiary/aromatic N) is 2. The van der Waals surface area contributed by atoms with Crippen LogP contribution in [-0.2, 0) is 5.92 Å². The van der Waals surface area contributed by atoms with Gasteiger partial charge in [0.1, 0.15) is 0 Å². The summed E-state index contributed by atoms with van der Waals surface area (Å²) in [6, 6.07) is 17.7. The molecule has 2 aromatic carbocycles. The summed E-state index contributed by atoms with van der Waals surface area (Å²) in [5.74, 6) is -3.91. The van der Waals surface area contributed by atoms with E-state index in [1.807, 2.05) is 12.1 Å². The first-order chi connectivity index (χ1) is 10.6. The van der Waals surface area contributed by atoms with Crippen molar-refractivity contribution >= 4 is 6.08 Å². The smallest absolute Gasteiger partial charge is 0.332 e. The standard InChI is InChI=1S/C17H12F2N2O/c18-17(19,12-11-13-7-3-1-4-8-13)16-20-15(21-22-16)14-9-5-2-6-10-14/h1-12H/b12-11-. The minimum Gasteiger partial charge on any atom is -0.332 e. The Balaban J connectivity index is 1.84. The van der Waals surface area contributed by atoms with Crippen LogP contribution in [0.4, 0.5) is 8.78 Å². The topological polar surface area (TPSA) is 38.9 Å². The molecule has 3 nitrogen and oxygen atoms in total. The molecule has 0 atom stereocenters. The first kappa shape index (κ1) is 14.1. The quantitative estimate of drug-likeness (QED) is 0.709. The highest BCUT2D eigenvalue weighted by Crippen LogP contribution is 2.30. The average molecular weight is 298 g/mol. The number of halogens is 2. The highest BCUT2D eigenvalue weighted by atomic mass is 19.3. The zero-order valence-electron chi connectivity index (χ0n) is 11.5. The summed E-state index contributed by atoms with van der Waals surface area (Å²) in [5.41, 5.74) is 1.30. The highest BCUT2D eigenvalue weighted by Gasteiger charge is 2.35. The molecule has 0 bridgehead atoms. The summed E-state index contributed by atoms with van der Waals surface area (Å²) in [7, 11) is 0. The lowest BCUT2D eigenvalue weighted by Crippen LogP contribution is -2.09. The molecule has 0 aliphatic rings. The van der Waals surface area contributed by atoms with E-state index in [1.54, 1.807) is 48.5 Å². The lowest BCUT2D eigenvalue weighted by molar-refractivity contribution is 0.0168. The molecule has 0 spiro atoms. The van der Waals surface area contributed by atoms with Crippen molar-refractivity contribution in [2.75, 3.05) is 0 Å². The summed E-state index contributed by atoms with van der Waals surface area (Å²) < 4.78 is 32.9. The van der Waals surface area contributed by atoms with Crippen LogP contribution < -0.4 is 0 Å². The molecule has 0 N–H and O–H groups in total. The number of alkyl halides is 2. The monoisotopic (exact) mass is 298 g/mol. The van der Waals surface area contributed by atoms with Crippen LogP contribution in [0.1, 0.15) is 11.5 Å². The van der Waals surface area contributed by atoms with E-state index >= 15 is 0 Å². The second kappa shape index (κ2) is 5.89. The molecule has 0 unspecified atom stereocenters. The molecule has 0 saturated heterocycles. The maximum atomic E-state index is 14.1. The summed E-state index contributed by atoms with van der Waals surface area (Å²) >= 11 is 0. The van der Waals surface area contributed by atoms with E-state index in [-0.39, 0.29) is 5.82 Å². The van der Waals surface area contributed by atoms with E-state index in [0.717, 1.165) is 6.08 Å². The molecule has 1 aromatic heterocycles. The number of hydrogen-bond donors (Lipinski definition) is 0. The van der Waals surface area contributed by atoms with Gasteiger partial charge in [0, 0.05) is 5.56 Å². The van der Waals surface area contributed by atoms with Gasteiger partial charge in [-0.15, -0.1) is 0 Å². The van der Waals surface area contributed by atoms with Crippen molar-refractivity contribution in [3.63, 3.8) is 0 Å². The van der Waals surface area contributed by atoms with Gasteiger partial charge in [0.2, 0.25) is 5.82 Å². The fourth-order valence-corrected chi connectivity index (χ4v) is 1.90. The lowest BCUT2D eigenvalue weighted by atomic mass is 10.2. The predicted octanol–water partition coefficient (Wildman–Crippen LogP) is 4.54. The zero-order valence-corrected chi connectivity index (χ0v) is 11.5. The van der Waals surface area contributed by atoms with E-state index in [2.05, 4.69) is 10.1 Å². The van der Waals surface area contributed by atoms with Crippen LogP contribution in [0.25, 0.3) is 17.5 Å². The van der Waals surface area contributed by atoms with Crippen molar-refractivity contribution in [2.24, 2.45) is 0 Å². The molecular formula is C17H12F2N2O. The molecule has 0 radical (unpaired) electrons. The summed E-state index contributed by atoms with van der Waals surface area (Å²) in [4.78, 5) is 3.79. The molecule has 0 aliphatic carbocycles. The fraction of sp³-hybridized carbons (Fsp3) is 0.0588. The Hall–Kier alpha value is -2.82. The highest BCUT2D eigenvalue weighted by molar-refractivity contribution is 5.54. The van der Waals surface area contributed by atoms with Crippen molar-refractivity contribution in [3.8, 4) is 11.4 Å². The number of benzene rings is 2. The van der Waals surface area contributed by atoms with Crippen LogP contribution in [0.5, 0.6) is 0 Å². The molecule has 0 amide bonds. The molecule has 3 rings (SSSR count). The van der Waals surface area contributed by atoms with Crippen molar-refractivity contribution in [1.82, 2.24) is 10.1 Å². The second-order valence-electron chi connectivity index (χ2n) is 4.66. The second-order valence-corrected chi connectivity index (χ2v) is 4.66. The Morgan fingerprint density at radius 2 is 1.55 bits per heavy atom. The molecule has 3 aromatic rings. The third-order valence-corrected chi connectivity index (χ3v) is 3.03. The average Bonchev–Trinajstić information content (AvgIpc) is 3.06. The van der Waals surface area contributed by atoms with Crippen LogP contribution in [0, 0.1) is 0 Å². The van der Waals surface area contributed by atoms with Crippen molar-refractivity contribution < 1.29 is 13.3 Å². The van der Waals surface area contributed by atoms with Gasteiger partial charge >= 0.3 is 11.8 Å². The zero-order chi connectivity index (χ0) is 15.4. The molecule has 1 heterocycles. The van der Waals surface area contributed by atoms with Gasteiger partial charge in [-0.1, -0.05) is 71.9 Å². The van der Waals surface area contributed by atoms with Gasteiger partial charge < -0.3 is 4.52 Å². The van der Waals surface area contributed by atoms with Gasteiger partial charge in [0.25, 0.3) is 0 Å². The third kappa shape index (κ3) is 3.09. The van der Waals surface area contributed by atoms with E-state index in [1.165, 1.54) is 6.08 Å². The summed E-state index contributed by atoms with van der Waals surface area (Å²) in [6.45, 7) is 0. The van der Waals surface area contributed by atoms with Crippen molar-refractivity contribution in [3.05, 3.63) is 78.2 Å². The SMILES string of the molecule is FC(F)(/C=C\c1ccccc1)c1nc(-c2ccccc2)no1. The number of hydrogen-bond acceptors (Lipinski definition) is 3. The number of rotatable bonds is 4. The van der Waals surface area contributed by atoms with Gasteiger partial charge in [-0.05, 0) is 11.6 Å². The molecule has 0 saturated carbocycles. The number of aromatic nitrogens is 2. The minimum absolute atomic E-state index is 0.142. The van der Waals surface area contributed by atoms with E-state index in [9.17, 15) is 8.78 Å². The van der Waals surface area contributed by atoms with E-state index < -0.39 is 11.8 Å². The van der Waals surface area contributed by atoms with Crippen LogP contribution in [-0.4, -0.2) is 10.1 Å². The van der Waals surface area contributed by atoms with Gasteiger partial charge in [0.05, 0.1) is 0 Å². The largest absolute Gasteiger partial charge is 0.343 e. The molecule has 110 valence electrons. The van der Waals surface area contributed by atoms with Gasteiger partial charge in [-0.3, -0.25) is 0 Å². The van der Waals surface area contributed by atoms with Crippen molar-refractivity contribution in [2.45, 2.75) is 5.92 Å². The minimum atomic E-state index is -3.32. The normalized spacial score (nSPS) is 11.9. The molecule has 0 aliphatic heterocycles. The van der Waals surface area contributed by atoms with Crippen LogP contribution in [0.2, 0.25) is 0 Å². The van der Waals surface area contributed by atoms with Gasteiger partial charge in [0.15, 0.2) is 0 Å². The summed E-state index contributed by atoms with van der Waals surface area (Å²) in [5, 5.41) is 3.61. The van der Waals surface area contributed by atoms with E-state index in [4.69, 9.17) is 4.52 Å². The number of allylic oxidation sites excluding steroid dienone is 1. The maximum absolute atomic E-state index is 14.1. The lowest BCUT2D eigenvalue weighted by Gasteiger charge is -2.05. The van der Waals surface area contributed by atoms with E-state index in [0.29, 0.717) is 11.1 Å². The molecule has 22 heavy (non-hydrogen) atoms. The Labute approximate surface area is 125 Å². The Bertz CT molecular complexity index is 768. The predicted molar refractivity (Wildman–Crippen MR) is 79.1 cm³/mol. The maximum Gasteiger partial charge on any atom is 0.343 e. The Morgan fingerprint density at radius 1 is 0.909 bits per heavy atom. The fourth-order valence-electron chi connectivity index (χ4n) is 1.90. The first-order valence-electron chi connectivity index (χ1n) is 6.67. The third-order valence-electron chi connectivity index (χ3n) is 3.03.